The number of likely N-dealkylation sites (tertiary alicyclic amines) is 1. The van der Waals surface area contributed by atoms with Crippen LogP contribution in [-0.4, -0.2) is 62.3 Å². The average molecular weight is 412 g/mol. The average Bonchev–Trinajstić information content (AvgIpc) is 2.57. The highest BCUT2D eigenvalue weighted by Crippen LogP contribution is 2.22. The molecule has 0 aromatic carbocycles. The highest BCUT2D eigenvalue weighted by molar-refractivity contribution is 5.85. The number of rotatable bonds is 8. The molecule has 0 bridgehead atoms. The lowest BCUT2D eigenvalue weighted by Crippen LogP contribution is -2.46. The van der Waals surface area contributed by atoms with Crippen LogP contribution in [-0.2, 0) is 9.53 Å². The van der Waals surface area contributed by atoms with Crippen LogP contribution in [0.25, 0.3) is 0 Å². The molecule has 2 aliphatic heterocycles. The van der Waals surface area contributed by atoms with Gasteiger partial charge in [0.2, 0.25) is 5.91 Å². The predicted molar refractivity (Wildman–Crippen MR) is 113 cm³/mol. The van der Waals surface area contributed by atoms with Gasteiger partial charge in [0.05, 0.1) is 12.7 Å². The van der Waals surface area contributed by atoms with Crippen molar-refractivity contribution in [2.75, 3.05) is 39.3 Å². The van der Waals surface area contributed by atoms with Gasteiger partial charge >= 0.3 is 0 Å². The molecule has 1 amide bonds. The number of carbonyl (C=O) groups excluding carboxylic acids is 1. The Morgan fingerprint density at radius 1 is 1.19 bits per heavy atom. The quantitative estimate of drug-likeness (QED) is 0.644. The van der Waals surface area contributed by atoms with Crippen LogP contribution in [0.15, 0.2) is 0 Å². The summed E-state index contributed by atoms with van der Waals surface area (Å²) in [7, 11) is 0. The van der Waals surface area contributed by atoms with Crippen molar-refractivity contribution in [3.8, 4) is 0 Å². The molecule has 2 heterocycles. The number of piperidine rings is 2. The summed E-state index contributed by atoms with van der Waals surface area (Å²) in [6, 6.07) is 0.358. The van der Waals surface area contributed by atoms with Crippen LogP contribution in [0.4, 0.5) is 0 Å². The summed E-state index contributed by atoms with van der Waals surface area (Å²) in [6.07, 6.45) is 5.62. The van der Waals surface area contributed by atoms with E-state index < -0.39 is 0 Å². The Kier molecular flexibility index (Phi) is 14.0. The number of carbonyl (C=O) groups is 1. The van der Waals surface area contributed by atoms with E-state index in [-0.39, 0.29) is 30.7 Å². The smallest absolute Gasteiger partial charge is 0.220 e. The molecule has 0 radical (unpaired) electrons. The fourth-order valence-corrected chi connectivity index (χ4v) is 3.83. The molecule has 7 heteroatoms. The van der Waals surface area contributed by atoms with Gasteiger partial charge in [0.15, 0.2) is 0 Å². The molecule has 2 aliphatic rings. The van der Waals surface area contributed by atoms with Crippen molar-refractivity contribution in [3.05, 3.63) is 0 Å². The van der Waals surface area contributed by atoms with E-state index in [4.69, 9.17) is 4.74 Å². The van der Waals surface area contributed by atoms with Gasteiger partial charge in [-0.05, 0) is 64.5 Å². The first-order chi connectivity index (χ1) is 11.5. The monoisotopic (exact) mass is 411 g/mol. The molecular formula is C19H39Cl2N3O2. The predicted octanol–water partition coefficient (Wildman–Crippen LogP) is 2.86. The summed E-state index contributed by atoms with van der Waals surface area (Å²) >= 11 is 0. The van der Waals surface area contributed by atoms with Crippen LogP contribution >= 0.6 is 24.8 Å². The molecule has 0 saturated carbocycles. The third-order valence-electron chi connectivity index (χ3n) is 5.46. The molecule has 0 aromatic heterocycles. The second-order valence-corrected chi connectivity index (χ2v) is 7.89. The Morgan fingerprint density at radius 2 is 1.88 bits per heavy atom. The zero-order valence-electron chi connectivity index (χ0n) is 16.7. The van der Waals surface area contributed by atoms with Crippen LogP contribution in [0.3, 0.4) is 0 Å². The first-order valence-corrected chi connectivity index (χ1v) is 9.88. The Hall–Kier alpha value is -0.0700. The number of ether oxygens (including phenoxy) is 1. The summed E-state index contributed by atoms with van der Waals surface area (Å²) in [5.41, 5.74) is 0. The minimum absolute atomic E-state index is 0. The summed E-state index contributed by atoms with van der Waals surface area (Å²) in [4.78, 5) is 14.8. The summed E-state index contributed by atoms with van der Waals surface area (Å²) in [5, 5.41) is 6.72. The Labute approximate surface area is 172 Å². The van der Waals surface area contributed by atoms with Crippen molar-refractivity contribution in [2.24, 2.45) is 11.8 Å². The van der Waals surface area contributed by atoms with E-state index in [1.807, 2.05) is 0 Å². The lowest BCUT2D eigenvalue weighted by molar-refractivity contribution is -0.123. The number of amides is 1. The van der Waals surface area contributed by atoms with Crippen LogP contribution in [0.5, 0.6) is 0 Å². The van der Waals surface area contributed by atoms with Crippen LogP contribution in [0, 0.1) is 11.8 Å². The number of hydrogen-bond donors (Lipinski definition) is 2. The summed E-state index contributed by atoms with van der Waals surface area (Å²) in [6.45, 7) is 12.5. The van der Waals surface area contributed by atoms with Crippen LogP contribution < -0.4 is 10.6 Å². The van der Waals surface area contributed by atoms with Gasteiger partial charge in [0.1, 0.15) is 0 Å². The first kappa shape index (κ1) is 25.9. The van der Waals surface area contributed by atoms with E-state index in [2.05, 4.69) is 36.3 Å². The SMILES string of the molecule is CC(C)OCCN1CCC(NC(=O)CC(C)C2CCCNC2)CC1.Cl.Cl. The Bertz CT molecular complexity index is 372. The van der Waals surface area contributed by atoms with Crippen LogP contribution in [0.2, 0.25) is 0 Å². The minimum Gasteiger partial charge on any atom is -0.377 e. The van der Waals surface area contributed by atoms with Gasteiger partial charge in [0.25, 0.3) is 0 Å². The molecule has 156 valence electrons. The third kappa shape index (κ3) is 9.75. The number of hydrogen-bond acceptors (Lipinski definition) is 4. The van der Waals surface area contributed by atoms with E-state index in [9.17, 15) is 4.79 Å². The number of halogens is 2. The Morgan fingerprint density at radius 3 is 2.46 bits per heavy atom. The lowest BCUT2D eigenvalue weighted by Gasteiger charge is -2.33. The van der Waals surface area contributed by atoms with Crippen molar-refractivity contribution in [1.29, 1.82) is 0 Å². The van der Waals surface area contributed by atoms with Gasteiger partial charge in [-0.25, -0.2) is 0 Å². The fourth-order valence-electron chi connectivity index (χ4n) is 3.83. The van der Waals surface area contributed by atoms with Gasteiger partial charge in [0, 0.05) is 32.1 Å². The molecule has 0 spiro atoms. The maximum absolute atomic E-state index is 12.3. The Balaban J connectivity index is 0.00000312. The van der Waals surface area contributed by atoms with E-state index in [0.29, 0.717) is 30.4 Å². The molecule has 2 rings (SSSR count). The normalized spacial score (nSPS) is 23.0. The van der Waals surface area contributed by atoms with Crippen molar-refractivity contribution in [1.82, 2.24) is 15.5 Å². The van der Waals surface area contributed by atoms with Gasteiger partial charge in [-0.1, -0.05) is 6.92 Å². The van der Waals surface area contributed by atoms with Gasteiger partial charge < -0.3 is 20.3 Å². The lowest BCUT2D eigenvalue weighted by atomic mass is 9.85. The zero-order valence-corrected chi connectivity index (χ0v) is 18.3. The molecule has 2 N–H and O–H groups in total. The minimum atomic E-state index is 0. The molecule has 2 atom stereocenters. The van der Waals surface area contributed by atoms with E-state index >= 15 is 0 Å². The van der Waals surface area contributed by atoms with Gasteiger partial charge in [-0.3, -0.25) is 4.79 Å². The van der Waals surface area contributed by atoms with Gasteiger partial charge in [-0.2, -0.15) is 0 Å². The summed E-state index contributed by atoms with van der Waals surface area (Å²) < 4.78 is 5.62. The van der Waals surface area contributed by atoms with Crippen molar-refractivity contribution in [3.63, 3.8) is 0 Å². The molecule has 0 aromatic rings. The maximum atomic E-state index is 12.3. The molecule has 5 nitrogen and oxygen atoms in total. The van der Waals surface area contributed by atoms with Crippen molar-refractivity contribution >= 4 is 30.7 Å². The molecule has 2 saturated heterocycles. The molecule has 26 heavy (non-hydrogen) atoms. The molecule has 2 fully saturated rings. The second-order valence-electron chi connectivity index (χ2n) is 7.89. The first-order valence-electron chi connectivity index (χ1n) is 9.88. The number of nitrogens with zero attached hydrogens (tertiary/aromatic N) is 1. The standard InChI is InChI=1S/C19H37N3O2.2ClH/c1-15(2)24-12-11-22-9-6-18(7-10-22)21-19(23)13-16(3)17-5-4-8-20-14-17;;/h15-18,20H,4-14H2,1-3H3,(H,21,23);2*1H. The van der Waals surface area contributed by atoms with E-state index in [1.165, 1.54) is 12.8 Å². The van der Waals surface area contributed by atoms with Crippen molar-refractivity contribution in [2.45, 2.75) is 65.0 Å². The highest BCUT2D eigenvalue weighted by Gasteiger charge is 2.24. The highest BCUT2D eigenvalue weighted by atomic mass is 35.5. The summed E-state index contributed by atoms with van der Waals surface area (Å²) in [5.74, 6) is 1.38. The molecule has 2 unspecified atom stereocenters. The van der Waals surface area contributed by atoms with Crippen LogP contribution in [0.1, 0.15) is 52.9 Å². The largest absolute Gasteiger partial charge is 0.377 e. The zero-order chi connectivity index (χ0) is 17.4. The fraction of sp³-hybridized carbons (Fsp3) is 0.947. The van der Waals surface area contributed by atoms with E-state index in [1.54, 1.807) is 0 Å². The third-order valence-corrected chi connectivity index (χ3v) is 5.46. The van der Waals surface area contributed by atoms with E-state index in [0.717, 1.165) is 52.2 Å². The maximum Gasteiger partial charge on any atom is 0.220 e. The topological polar surface area (TPSA) is 53.6 Å². The molecule has 0 aliphatic carbocycles. The molecular weight excluding hydrogens is 373 g/mol. The van der Waals surface area contributed by atoms with Gasteiger partial charge in [-0.15, -0.1) is 24.8 Å². The van der Waals surface area contributed by atoms with Crippen molar-refractivity contribution < 1.29 is 9.53 Å². The number of nitrogens with one attached hydrogen (secondary N) is 2. The second kappa shape index (κ2) is 14.0.